The molecule has 19 heavy (non-hydrogen) atoms. The van der Waals surface area contributed by atoms with Gasteiger partial charge in [-0.2, -0.15) is 21.6 Å². The van der Waals surface area contributed by atoms with Crippen LogP contribution in [0, 0.1) is 5.41 Å². The van der Waals surface area contributed by atoms with Gasteiger partial charge in [0.15, 0.2) is 0 Å². The van der Waals surface area contributed by atoms with Crippen LogP contribution in [0.1, 0.15) is 33.1 Å². The van der Waals surface area contributed by atoms with E-state index in [9.17, 15) is 26.4 Å². The van der Waals surface area contributed by atoms with E-state index >= 15 is 0 Å². The molecule has 1 N–H and O–H groups in total. The fourth-order valence-corrected chi connectivity index (χ4v) is 2.24. The first-order valence-electron chi connectivity index (χ1n) is 5.32. The average molecular weight is 302 g/mol. The van der Waals surface area contributed by atoms with Crippen LogP contribution in [0.2, 0.25) is 0 Å². The highest BCUT2D eigenvalue weighted by Gasteiger charge is 2.50. The Morgan fingerprint density at radius 1 is 1.37 bits per heavy atom. The molecule has 1 aliphatic rings. The van der Waals surface area contributed by atoms with Gasteiger partial charge in [-0.3, -0.25) is 0 Å². The predicted octanol–water partition coefficient (Wildman–Crippen LogP) is 2.40. The summed E-state index contributed by atoms with van der Waals surface area (Å²) in [6, 6.07) is 0. The lowest BCUT2D eigenvalue weighted by molar-refractivity contribution is -0.133. The molecule has 0 amide bonds. The standard InChI is InChI=1S/C10H13F3O5S/c1-9(2)4-3-6(8(14)15)7(5-9)18-19(16,17)10(11,12)13/h3-5H2,1-2H3,(H,14,15). The first kappa shape index (κ1) is 15.8. The van der Waals surface area contributed by atoms with Crippen molar-refractivity contribution in [1.82, 2.24) is 0 Å². The average Bonchev–Trinajstić information content (AvgIpc) is 2.12. The van der Waals surface area contributed by atoms with Gasteiger partial charge in [-0.25, -0.2) is 4.79 Å². The fraction of sp³-hybridized carbons (Fsp3) is 0.700. The van der Waals surface area contributed by atoms with Gasteiger partial charge >= 0.3 is 21.6 Å². The maximum Gasteiger partial charge on any atom is 0.534 e. The normalized spacial score (nSPS) is 20.3. The van der Waals surface area contributed by atoms with Crippen LogP contribution in [0.15, 0.2) is 11.3 Å². The summed E-state index contributed by atoms with van der Waals surface area (Å²) in [4.78, 5) is 10.9. The van der Waals surface area contributed by atoms with Gasteiger partial charge in [0, 0.05) is 6.42 Å². The lowest BCUT2D eigenvalue weighted by Gasteiger charge is -2.31. The molecular formula is C10H13F3O5S. The van der Waals surface area contributed by atoms with Gasteiger partial charge in [-0.05, 0) is 18.3 Å². The van der Waals surface area contributed by atoms with Crippen molar-refractivity contribution in [3.05, 3.63) is 11.3 Å². The maximum atomic E-state index is 12.2. The van der Waals surface area contributed by atoms with Crippen LogP contribution in [0.3, 0.4) is 0 Å². The Kier molecular flexibility index (Phi) is 3.91. The smallest absolute Gasteiger partial charge is 0.478 e. The Morgan fingerprint density at radius 2 is 1.89 bits per heavy atom. The monoisotopic (exact) mass is 302 g/mol. The number of rotatable bonds is 3. The summed E-state index contributed by atoms with van der Waals surface area (Å²) in [5, 5.41) is 8.86. The van der Waals surface area contributed by atoms with Crippen LogP contribution in [0.25, 0.3) is 0 Å². The lowest BCUT2D eigenvalue weighted by atomic mass is 9.77. The number of alkyl halides is 3. The molecule has 0 heterocycles. The summed E-state index contributed by atoms with van der Waals surface area (Å²) in [6.45, 7) is 3.38. The number of allylic oxidation sites excluding steroid dienone is 1. The molecule has 0 unspecified atom stereocenters. The molecule has 1 aliphatic carbocycles. The SMILES string of the molecule is CC1(C)CCC(C(=O)O)=C(OS(=O)(=O)C(F)(F)F)C1. The molecular weight excluding hydrogens is 289 g/mol. The molecule has 0 radical (unpaired) electrons. The number of carbonyl (C=O) groups is 1. The van der Waals surface area contributed by atoms with Crippen molar-refractivity contribution in [1.29, 1.82) is 0 Å². The predicted molar refractivity (Wildman–Crippen MR) is 58.4 cm³/mol. The highest BCUT2D eigenvalue weighted by atomic mass is 32.2. The van der Waals surface area contributed by atoms with E-state index in [0.29, 0.717) is 6.42 Å². The summed E-state index contributed by atoms with van der Waals surface area (Å²) in [5.74, 6) is -2.11. The zero-order chi connectivity index (χ0) is 15.1. The quantitative estimate of drug-likeness (QED) is 0.639. The van der Waals surface area contributed by atoms with Crippen molar-refractivity contribution < 1.29 is 35.7 Å². The molecule has 0 aromatic carbocycles. The van der Waals surface area contributed by atoms with E-state index in [-0.39, 0.29) is 12.8 Å². The number of carboxylic acids is 1. The summed E-state index contributed by atoms with van der Waals surface area (Å²) >= 11 is 0. The van der Waals surface area contributed by atoms with Crippen LogP contribution >= 0.6 is 0 Å². The molecule has 110 valence electrons. The molecule has 1 rings (SSSR count). The lowest BCUT2D eigenvalue weighted by Crippen LogP contribution is -2.29. The largest absolute Gasteiger partial charge is 0.534 e. The highest BCUT2D eigenvalue weighted by molar-refractivity contribution is 7.87. The summed E-state index contributed by atoms with van der Waals surface area (Å²) in [6.07, 6.45) is 0.211. The molecule has 0 aromatic heterocycles. The second-order valence-corrected chi connectivity index (χ2v) is 6.57. The van der Waals surface area contributed by atoms with Gasteiger partial charge in [0.25, 0.3) is 0 Å². The van der Waals surface area contributed by atoms with Crippen molar-refractivity contribution in [3.8, 4) is 0 Å². The molecule has 0 atom stereocenters. The zero-order valence-corrected chi connectivity index (χ0v) is 11.1. The Labute approximate surface area is 108 Å². The third-order valence-electron chi connectivity index (χ3n) is 2.78. The van der Waals surface area contributed by atoms with E-state index in [1.165, 1.54) is 0 Å². The number of halogens is 3. The van der Waals surface area contributed by atoms with Crippen LogP contribution in [0.5, 0.6) is 0 Å². The minimum atomic E-state index is -5.84. The van der Waals surface area contributed by atoms with Gasteiger partial charge < -0.3 is 9.29 Å². The molecule has 0 aliphatic heterocycles. The molecule has 0 saturated heterocycles. The van der Waals surface area contributed by atoms with Gasteiger partial charge in [0.2, 0.25) is 0 Å². The third-order valence-corrected chi connectivity index (χ3v) is 3.77. The van der Waals surface area contributed by atoms with Crippen LogP contribution < -0.4 is 0 Å². The van der Waals surface area contributed by atoms with Crippen molar-refractivity contribution in [2.75, 3.05) is 0 Å². The van der Waals surface area contributed by atoms with Gasteiger partial charge in [-0.15, -0.1) is 0 Å². The topological polar surface area (TPSA) is 80.7 Å². The van der Waals surface area contributed by atoms with Crippen molar-refractivity contribution >= 4 is 16.1 Å². The van der Waals surface area contributed by atoms with Crippen molar-refractivity contribution in [2.45, 2.75) is 38.6 Å². The first-order chi connectivity index (χ1) is 8.36. The molecule has 0 saturated carbocycles. The van der Waals surface area contributed by atoms with Crippen molar-refractivity contribution in [3.63, 3.8) is 0 Å². The number of hydrogen-bond donors (Lipinski definition) is 1. The van der Waals surface area contributed by atoms with Gasteiger partial charge in [0.05, 0.1) is 5.57 Å². The molecule has 0 fully saturated rings. The van der Waals surface area contributed by atoms with Crippen molar-refractivity contribution in [2.24, 2.45) is 5.41 Å². The Hall–Kier alpha value is -1.25. The fourth-order valence-electron chi connectivity index (χ4n) is 1.72. The second-order valence-electron chi connectivity index (χ2n) is 5.03. The molecule has 0 spiro atoms. The van der Waals surface area contributed by atoms with E-state index in [1.54, 1.807) is 13.8 Å². The Bertz CT molecular complexity index is 516. The summed E-state index contributed by atoms with van der Waals surface area (Å²) in [5.41, 5.74) is -6.52. The van der Waals surface area contributed by atoms with Gasteiger partial charge in [-0.1, -0.05) is 13.8 Å². The summed E-state index contributed by atoms with van der Waals surface area (Å²) < 4.78 is 62.5. The van der Waals surface area contributed by atoms with Crippen LogP contribution in [-0.2, 0) is 19.1 Å². The molecule has 9 heteroatoms. The molecule has 0 aromatic rings. The zero-order valence-electron chi connectivity index (χ0n) is 10.2. The van der Waals surface area contributed by atoms with Gasteiger partial charge in [0.1, 0.15) is 5.76 Å². The summed E-state index contributed by atoms with van der Waals surface area (Å²) in [7, 11) is -5.84. The van der Waals surface area contributed by atoms with E-state index in [4.69, 9.17) is 5.11 Å². The highest BCUT2D eigenvalue weighted by Crippen LogP contribution is 2.41. The third kappa shape index (κ3) is 3.62. The molecule has 0 bridgehead atoms. The minimum absolute atomic E-state index is 0.0367. The van der Waals surface area contributed by atoms with Crippen LogP contribution in [0.4, 0.5) is 13.2 Å². The van der Waals surface area contributed by atoms with E-state index in [1.807, 2.05) is 0 Å². The number of aliphatic carboxylic acids is 1. The minimum Gasteiger partial charge on any atom is -0.478 e. The maximum absolute atomic E-state index is 12.2. The first-order valence-corrected chi connectivity index (χ1v) is 6.73. The molecule has 5 nitrogen and oxygen atoms in total. The number of carboxylic acid groups (broad SMARTS) is 1. The van der Waals surface area contributed by atoms with E-state index in [2.05, 4.69) is 4.18 Å². The number of hydrogen-bond acceptors (Lipinski definition) is 4. The Balaban J connectivity index is 3.17. The Morgan fingerprint density at radius 3 is 2.32 bits per heavy atom. The van der Waals surface area contributed by atoms with E-state index in [0.717, 1.165) is 0 Å². The van der Waals surface area contributed by atoms with Crippen LogP contribution in [-0.4, -0.2) is 25.0 Å². The second kappa shape index (κ2) is 4.69. The van der Waals surface area contributed by atoms with E-state index < -0.39 is 38.3 Å².